The van der Waals surface area contributed by atoms with Crippen LogP contribution in [0.2, 0.25) is 10.0 Å². The lowest BCUT2D eigenvalue weighted by molar-refractivity contribution is -0.136. The lowest BCUT2D eigenvalue weighted by Crippen LogP contribution is -2.32. The second kappa shape index (κ2) is 13.8. The summed E-state index contributed by atoms with van der Waals surface area (Å²) in [6, 6.07) is 8.94. The van der Waals surface area contributed by atoms with Gasteiger partial charge in [0.2, 0.25) is 0 Å². The van der Waals surface area contributed by atoms with Crippen molar-refractivity contribution >= 4 is 69.5 Å². The van der Waals surface area contributed by atoms with Crippen LogP contribution in [0.15, 0.2) is 41.5 Å². The maximum Gasteiger partial charge on any atom is 0.343 e. The van der Waals surface area contributed by atoms with Gasteiger partial charge in [0.25, 0.3) is 0 Å². The van der Waals surface area contributed by atoms with E-state index < -0.39 is 23.8 Å². The predicted octanol–water partition coefficient (Wildman–Crippen LogP) is 5.67. The van der Waals surface area contributed by atoms with Crippen molar-refractivity contribution in [3.8, 4) is 11.5 Å². The van der Waals surface area contributed by atoms with Crippen molar-refractivity contribution in [2.45, 2.75) is 33.1 Å². The molecular formula is C29H27Cl2N3O7S. The predicted molar refractivity (Wildman–Crippen MR) is 160 cm³/mol. The minimum Gasteiger partial charge on any atom is -0.493 e. The smallest absolute Gasteiger partial charge is 0.343 e. The Balaban J connectivity index is 1.40. The Bertz CT molecular complexity index is 1570. The molecule has 0 spiro atoms. The molecule has 13 heteroatoms. The van der Waals surface area contributed by atoms with Gasteiger partial charge in [0.1, 0.15) is 5.00 Å². The van der Waals surface area contributed by atoms with E-state index in [9.17, 15) is 19.2 Å². The second-order valence-electron chi connectivity index (χ2n) is 9.36. The first-order chi connectivity index (χ1) is 20.1. The summed E-state index contributed by atoms with van der Waals surface area (Å²) in [6.45, 7) is 4.02. The van der Waals surface area contributed by atoms with Gasteiger partial charge in [0.15, 0.2) is 11.5 Å². The van der Waals surface area contributed by atoms with Gasteiger partial charge in [-0.2, -0.15) is 5.10 Å². The SMILES string of the molecule is CCOC(=O)c1c(NC(=O)C(=O)N/N=C\c2ccc(OC(=O)c3ccc(Cl)c(Cl)c3)c(OC)c2)sc2c1CC[C@H](C)C2. The number of methoxy groups -OCH3 is 1. The molecule has 0 bridgehead atoms. The number of anilines is 1. The molecular weight excluding hydrogens is 605 g/mol. The van der Waals surface area contributed by atoms with E-state index in [1.165, 1.54) is 55.0 Å². The third-order valence-electron chi connectivity index (χ3n) is 6.35. The Kier molecular flexibility index (Phi) is 10.2. The van der Waals surface area contributed by atoms with Gasteiger partial charge < -0.3 is 19.5 Å². The number of nitrogens with one attached hydrogen (secondary N) is 2. The number of fused-ring (bicyclic) bond motifs is 1. The summed E-state index contributed by atoms with van der Waals surface area (Å²) in [5, 5.41) is 7.18. The molecule has 1 heterocycles. The summed E-state index contributed by atoms with van der Waals surface area (Å²) in [6.07, 6.45) is 3.69. The van der Waals surface area contributed by atoms with E-state index in [1.807, 2.05) is 0 Å². The quantitative estimate of drug-likeness (QED) is 0.108. The van der Waals surface area contributed by atoms with Crippen molar-refractivity contribution in [1.82, 2.24) is 5.43 Å². The average molecular weight is 633 g/mol. The Morgan fingerprint density at radius 3 is 2.55 bits per heavy atom. The van der Waals surface area contributed by atoms with Crippen LogP contribution < -0.4 is 20.2 Å². The first-order valence-electron chi connectivity index (χ1n) is 12.9. The van der Waals surface area contributed by atoms with E-state index in [-0.39, 0.29) is 33.7 Å². The van der Waals surface area contributed by atoms with Crippen LogP contribution in [0, 0.1) is 5.92 Å². The number of hydrazone groups is 1. The van der Waals surface area contributed by atoms with Crippen LogP contribution in [0.25, 0.3) is 0 Å². The molecule has 0 radical (unpaired) electrons. The van der Waals surface area contributed by atoms with Crippen LogP contribution in [0.4, 0.5) is 5.00 Å². The van der Waals surface area contributed by atoms with Crippen molar-refractivity contribution < 1.29 is 33.4 Å². The van der Waals surface area contributed by atoms with E-state index >= 15 is 0 Å². The molecule has 2 aromatic carbocycles. The fraction of sp³-hybridized carbons (Fsp3) is 0.276. The summed E-state index contributed by atoms with van der Waals surface area (Å²) in [5.41, 5.74) is 4.02. The number of nitrogens with zero attached hydrogens (tertiary/aromatic N) is 1. The summed E-state index contributed by atoms with van der Waals surface area (Å²) in [7, 11) is 1.40. The second-order valence-corrected chi connectivity index (χ2v) is 11.3. The standard InChI is InChI=1S/C29H27Cl2N3O7S/c1-4-40-29(38)24-18-8-5-15(2)11-23(18)42-27(24)33-25(35)26(36)34-32-14-16-6-10-21(22(12-16)39-3)41-28(37)17-7-9-19(30)20(31)13-17/h6-7,9-10,12-15H,4-5,8,11H2,1-3H3,(H,33,35)(H,34,36)/b32-14-/t15-/m0/s1. The van der Waals surface area contributed by atoms with Gasteiger partial charge >= 0.3 is 23.8 Å². The Morgan fingerprint density at radius 2 is 1.83 bits per heavy atom. The average Bonchev–Trinajstić information content (AvgIpc) is 3.31. The zero-order chi connectivity index (χ0) is 30.4. The van der Waals surface area contributed by atoms with Crippen LogP contribution in [0.3, 0.4) is 0 Å². The van der Waals surface area contributed by atoms with E-state index in [4.69, 9.17) is 37.4 Å². The number of halogens is 2. The van der Waals surface area contributed by atoms with Crippen LogP contribution in [-0.4, -0.2) is 43.7 Å². The molecule has 1 aliphatic rings. The monoisotopic (exact) mass is 631 g/mol. The fourth-order valence-corrected chi connectivity index (χ4v) is 5.96. The number of hydrogen-bond donors (Lipinski definition) is 2. The van der Waals surface area contributed by atoms with Crippen molar-refractivity contribution in [2.75, 3.05) is 19.0 Å². The molecule has 0 fully saturated rings. The number of carbonyl (C=O) groups is 4. The van der Waals surface area contributed by atoms with E-state index in [1.54, 1.807) is 13.0 Å². The number of carbonyl (C=O) groups excluding carboxylic acids is 4. The van der Waals surface area contributed by atoms with Crippen LogP contribution in [-0.2, 0) is 27.2 Å². The molecule has 2 N–H and O–H groups in total. The number of rotatable bonds is 8. The zero-order valence-electron chi connectivity index (χ0n) is 22.9. The van der Waals surface area contributed by atoms with E-state index in [2.05, 4.69) is 22.8 Å². The minimum atomic E-state index is -1.03. The van der Waals surface area contributed by atoms with Crippen LogP contribution in [0.5, 0.6) is 11.5 Å². The number of benzene rings is 2. The number of hydrogen-bond acceptors (Lipinski definition) is 9. The summed E-state index contributed by atoms with van der Waals surface area (Å²) < 4.78 is 15.9. The highest BCUT2D eigenvalue weighted by atomic mass is 35.5. The van der Waals surface area contributed by atoms with Gasteiger partial charge in [0, 0.05) is 4.88 Å². The summed E-state index contributed by atoms with van der Waals surface area (Å²) >= 11 is 13.2. The highest BCUT2D eigenvalue weighted by molar-refractivity contribution is 7.17. The molecule has 0 aliphatic heterocycles. The fourth-order valence-electron chi connectivity index (χ4n) is 4.26. The third kappa shape index (κ3) is 7.28. The molecule has 220 valence electrons. The van der Waals surface area contributed by atoms with Gasteiger partial charge in [-0.1, -0.05) is 30.1 Å². The molecule has 10 nitrogen and oxygen atoms in total. The van der Waals surface area contributed by atoms with Crippen molar-refractivity contribution in [3.63, 3.8) is 0 Å². The van der Waals surface area contributed by atoms with Gasteiger partial charge in [0.05, 0.1) is 41.1 Å². The highest BCUT2D eigenvalue weighted by Gasteiger charge is 2.30. The molecule has 1 aromatic heterocycles. The lowest BCUT2D eigenvalue weighted by atomic mass is 9.88. The molecule has 4 rings (SSSR count). The van der Waals surface area contributed by atoms with E-state index in [0.29, 0.717) is 28.5 Å². The Hall–Kier alpha value is -3.93. The largest absolute Gasteiger partial charge is 0.493 e. The van der Waals surface area contributed by atoms with Crippen molar-refractivity contribution in [3.05, 3.63) is 73.6 Å². The van der Waals surface area contributed by atoms with E-state index in [0.717, 1.165) is 23.3 Å². The van der Waals surface area contributed by atoms with Crippen molar-refractivity contribution in [1.29, 1.82) is 0 Å². The molecule has 2 amide bonds. The normalized spacial score (nSPS) is 14.2. The van der Waals surface area contributed by atoms with Gasteiger partial charge in [-0.3, -0.25) is 9.59 Å². The first-order valence-corrected chi connectivity index (χ1v) is 14.5. The number of amides is 2. The number of ether oxygens (including phenoxy) is 3. The molecule has 3 aromatic rings. The molecule has 42 heavy (non-hydrogen) atoms. The maximum absolute atomic E-state index is 12.7. The van der Waals surface area contributed by atoms with Gasteiger partial charge in [-0.05, 0) is 79.6 Å². The van der Waals surface area contributed by atoms with Crippen LogP contribution >= 0.6 is 34.5 Å². The molecule has 0 unspecified atom stereocenters. The molecule has 1 atom stereocenters. The minimum absolute atomic E-state index is 0.138. The van der Waals surface area contributed by atoms with Gasteiger partial charge in [-0.25, -0.2) is 15.0 Å². The zero-order valence-corrected chi connectivity index (χ0v) is 25.2. The first kappa shape index (κ1) is 31.0. The van der Waals surface area contributed by atoms with Crippen molar-refractivity contribution in [2.24, 2.45) is 11.0 Å². The summed E-state index contributed by atoms with van der Waals surface area (Å²) in [5.74, 6) is -2.39. The van der Waals surface area contributed by atoms with Crippen LogP contribution in [0.1, 0.15) is 57.0 Å². The maximum atomic E-state index is 12.7. The van der Waals surface area contributed by atoms with Gasteiger partial charge in [-0.15, -0.1) is 11.3 Å². The third-order valence-corrected chi connectivity index (χ3v) is 8.26. The number of esters is 2. The molecule has 0 saturated heterocycles. The number of thiophene rings is 1. The molecule has 1 aliphatic carbocycles. The summed E-state index contributed by atoms with van der Waals surface area (Å²) in [4.78, 5) is 51.3. The Labute approximate surface area is 255 Å². The molecule has 0 saturated carbocycles. The highest BCUT2D eigenvalue weighted by Crippen LogP contribution is 2.40. The Morgan fingerprint density at radius 1 is 1.05 bits per heavy atom. The topological polar surface area (TPSA) is 132 Å². The lowest BCUT2D eigenvalue weighted by Gasteiger charge is -2.18.